The summed E-state index contributed by atoms with van der Waals surface area (Å²) in [6, 6.07) is 5.88. The summed E-state index contributed by atoms with van der Waals surface area (Å²) in [7, 11) is 1.62. The first kappa shape index (κ1) is 10.8. The molecule has 0 N–H and O–H groups in total. The van der Waals surface area contributed by atoms with Crippen LogP contribution in [0.2, 0.25) is 0 Å². The second-order valence-corrected chi connectivity index (χ2v) is 3.10. The smallest absolute Gasteiger partial charge is 0.196 e. The van der Waals surface area contributed by atoms with Crippen molar-refractivity contribution in [2.75, 3.05) is 7.11 Å². The lowest BCUT2D eigenvalue weighted by Crippen LogP contribution is -2.14. The SMILES string of the molecule is C=Cc1cccc(OC(C)OC)c1C. The third kappa shape index (κ3) is 2.36. The molecule has 0 spiro atoms. The lowest BCUT2D eigenvalue weighted by Gasteiger charge is -2.15. The Kier molecular flexibility index (Phi) is 3.72. The monoisotopic (exact) mass is 192 g/mol. The van der Waals surface area contributed by atoms with E-state index in [1.807, 2.05) is 38.1 Å². The van der Waals surface area contributed by atoms with Crippen LogP contribution in [0.1, 0.15) is 18.1 Å². The van der Waals surface area contributed by atoms with Gasteiger partial charge in [-0.15, -0.1) is 0 Å². The first-order valence-corrected chi connectivity index (χ1v) is 4.60. The highest BCUT2D eigenvalue weighted by Crippen LogP contribution is 2.23. The molecule has 2 nitrogen and oxygen atoms in total. The van der Waals surface area contributed by atoms with Crippen molar-refractivity contribution in [1.29, 1.82) is 0 Å². The van der Waals surface area contributed by atoms with Crippen LogP contribution in [0.25, 0.3) is 6.08 Å². The van der Waals surface area contributed by atoms with Gasteiger partial charge in [-0.3, -0.25) is 0 Å². The second kappa shape index (κ2) is 4.82. The van der Waals surface area contributed by atoms with E-state index in [0.29, 0.717) is 0 Å². The highest BCUT2D eigenvalue weighted by Gasteiger charge is 2.05. The Morgan fingerprint density at radius 2 is 2.14 bits per heavy atom. The summed E-state index contributed by atoms with van der Waals surface area (Å²) in [4.78, 5) is 0. The largest absolute Gasteiger partial charge is 0.465 e. The molecule has 0 aliphatic rings. The molecule has 0 radical (unpaired) electrons. The summed E-state index contributed by atoms with van der Waals surface area (Å²) < 4.78 is 10.6. The van der Waals surface area contributed by atoms with Gasteiger partial charge in [0.1, 0.15) is 5.75 Å². The predicted octanol–water partition coefficient (Wildman–Crippen LogP) is 3.01. The van der Waals surface area contributed by atoms with Gasteiger partial charge in [0.2, 0.25) is 0 Å². The zero-order valence-electron chi connectivity index (χ0n) is 8.91. The first-order chi connectivity index (χ1) is 6.69. The summed E-state index contributed by atoms with van der Waals surface area (Å²) in [5, 5.41) is 0. The predicted molar refractivity (Wildman–Crippen MR) is 58.4 cm³/mol. The zero-order chi connectivity index (χ0) is 10.6. The molecule has 1 aromatic carbocycles. The van der Waals surface area contributed by atoms with Crippen molar-refractivity contribution in [3.63, 3.8) is 0 Å². The standard InChI is InChI=1S/C12H16O2/c1-5-11-7-6-8-12(9(11)2)14-10(3)13-4/h5-8,10H,1H2,2-4H3. The Hall–Kier alpha value is -1.28. The van der Waals surface area contributed by atoms with Gasteiger partial charge < -0.3 is 9.47 Å². The Labute approximate surface area is 85.2 Å². The molecule has 1 aromatic rings. The Morgan fingerprint density at radius 1 is 1.43 bits per heavy atom. The van der Waals surface area contributed by atoms with E-state index in [4.69, 9.17) is 9.47 Å². The quantitative estimate of drug-likeness (QED) is 0.683. The third-order valence-electron chi connectivity index (χ3n) is 2.17. The van der Waals surface area contributed by atoms with E-state index in [1.165, 1.54) is 0 Å². The molecule has 0 heterocycles. The van der Waals surface area contributed by atoms with E-state index < -0.39 is 0 Å². The van der Waals surface area contributed by atoms with Gasteiger partial charge in [0.05, 0.1) is 0 Å². The average Bonchev–Trinajstić information content (AvgIpc) is 2.21. The summed E-state index contributed by atoms with van der Waals surface area (Å²) in [6.07, 6.45) is 1.59. The molecule has 0 fully saturated rings. The van der Waals surface area contributed by atoms with Crippen LogP contribution in [0, 0.1) is 6.92 Å². The van der Waals surface area contributed by atoms with E-state index in [0.717, 1.165) is 16.9 Å². The van der Waals surface area contributed by atoms with Crippen molar-refractivity contribution in [2.24, 2.45) is 0 Å². The molecule has 0 aliphatic heterocycles. The number of methoxy groups -OCH3 is 1. The molecule has 1 atom stereocenters. The minimum absolute atomic E-state index is 0.228. The van der Waals surface area contributed by atoms with Crippen molar-refractivity contribution < 1.29 is 9.47 Å². The van der Waals surface area contributed by atoms with Gasteiger partial charge in [-0.25, -0.2) is 0 Å². The van der Waals surface area contributed by atoms with Crippen molar-refractivity contribution in [1.82, 2.24) is 0 Å². The Bertz CT molecular complexity index is 318. The Morgan fingerprint density at radius 3 is 2.71 bits per heavy atom. The third-order valence-corrected chi connectivity index (χ3v) is 2.17. The topological polar surface area (TPSA) is 18.5 Å². The van der Waals surface area contributed by atoms with Gasteiger partial charge in [0.15, 0.2) is 6.29 Å². The van der Waals surface area contributed by atoms with Crippen LogP contribution >= 0.6 is 0 Å². The molecule has 0 amide bonds. The molecule has 2 heteroatoms. The number of hydrogen-bond acceptors (Lipinski definition) is 2. The normalized spacial score (nSPS) is 12.2. The van der Waals surface area contributed by atoms with Crippen molar-refractivity contribution in [3.8, 4) is 5.75 Å². The molecule has 0 aromatic heterocycles. The molecule has 76 valence electrons. The fraction of sp³-hybridized carbons (Fsp3) is 0.333. The van der Waals surface area contributed by atoms with Crippen LogP contribution in [-0.2, 0) is 4.74 Å². The van der Waals surface area contributed by atoms with E-state index in [9.17, 15) is 0 Å². The number of ether oxygens (including phenoxy) is 2. The van der Waals surface area contributed by atoms with Crippen LogP contribution in [0.3, 0.4) is 0 Å². The lowest BCUT2D eigenvalue weighted by atomic mass is 10.1. The molecule has 0 bridgehead atoms. The number of rotatable bonds is 4. The summed E-state index contributed by atoms with van der Waals surface area (Å²) in [5.74, 6) is 0.844. The van der Waals surface area contributed by atoms with E-state index in [2.05, 4.69) is 6.58 Å². The van der Waals surface area contributed by atoms with Crippen LogP contribution in [-0.4, -0.2) is 13.4 Å². The molecular formula is C12H16O2. The van der Waals surface area contributed by atoms with Gasteiger partial charge in [-0.05, 0) is 31.0 Å². The van der Waals surface area contributed by atoms with Crippen LogP contribution in [0.5, 0.6) is 5.75 Å². The number of benzene rings is 1. The van der Waals surface area contributed by atoms with Gasteiger partial charge in [-0.1, -0.05) is 24.8 Å². The molecular weight excluding hydrogens is 176 g/mol. The second-order valence-electron chi connectivity index (χ2n) is 3.10. The summed E-state index contributed by atoms with van der Waals surface area (Å²) in [6.45, 7) is 7.62. The lowest BCUT2D eigenvalue weighted by molar-refractivity contribution is -0.0386. The van der Waals surface area contributed by atoms with E-state index in [1.54, 1.807) is 7.11 Å². The van der Waals surface area contributed by atoms with Gasteiger partial charge in [0.25, 0.3) is 0 Å². The van der Waals surface area contributed by atoms with Gasteiger partial charge in [0, 0.05) is 7.11 Å². The molecule has 1 unspecified atom stereocenters. The minimum Gasteiger partial charge on any atom is -0.465 e. The van der Waals surface area contributed by atoms with Gasteiger partial charge >= 0.3 is 0 Å². The summed E-state index contributed by atoms with van der Waals surface area (Å²) >= 11 is 0. The van der Waals surface area contributed by atoms with Crippen molar-refractivity contribution in [2.45, 2.75) is 20.1 Å². The Balaban J connectivity index is 2.92. The molecule has 14 heavy (non-hydrogen) atoms. The van der Waals surface area contributed by atoms with E-state index >= 15 is 0 Å². The zero-order valence-corrected chi connectivity index (χ0v) is 8.91. The van der Waals surface area contributed by atoms with Crippen molar-refractivity contribution >= 4 is 6.08 Å². The van der Waals surface area contributed by atoms with Crippen molar-refractivity contribution in [3.05, 3.63) is 35.9 Å². The maximum Gasteiger partial charge on any atom is 0.196 e. The average molecular weight is 192 g/mol. The highest BCUT2D eigenvalue weighted by molar-refractivity contribution is 5.55. The summed E-state index contributed by atoms with van der Waals surface area (Å²) in [5.41, 5.74) is 2.18. The van der Waals surface area contributed by atoms with E-state index in [-0.39, 0.29) is 6.29 Å². The van der Waals surface area contributed by atoms with Crippen LogP contribution < -0.4 is 4.74 Å². The maximum atomic E-state index is 5.57. The van der Waals surface area contributed by atoms with Gasteiger partial charge in [-0.2, -0.15) is 0 Å². The molecule has 0 saturated heterocycles. The minimum atomic E-state index is -0.228. The maximum absolute atomic E-state index is 5.57. The molecule has 1 rings (SSSR count). The highest BCUT2D eigenvalue weighted by atomic mass is 16.7. The molecule has 0 aliphatic carbocycles. The first-order valence-electron chi connectivity index (χ1n) is 4.60. The number of hydrogen-bond donors (Lipinski definition) is 0. The fourth-order valence-electron chi connectivity index (χ4n) is 1.21. The fourth-order valence-corrected chi connectivity index (χ4v) is 1.21. The molecule has 0 saturated carbocycles. The van der Waals surface area contributed by atoms with Crippen LogP contribution in [0.15, 0.2) is 24.8 Å². The van der Waals surface area contributed by atoms with Crippen LogP contribution in [0.4, 0.5) is 0 Å².